The molecular formula is C9H18Y-2. The van der Waals surface area contributed by atoms with Crippen LogP contribution in [0.4, 0.5) is 0 Å². The van der Waals surface area contributed by atoms with Gasteiger partial charge in [0, 0.05) is 32.7 Å². The fraction of sp³-hybridized carbons (Fsp3) is 0.778. The van der Waals surface area contributed by atoms with Gasteiger partial charge in [0.2, 0.25) is 0 Å². The molecule has 0 aromatic carbocycles. The average Bonchev–Trinajstić information content (AvgIpc) is 1.65. The first-order valence-corrected chi connectivity index (χ1v) is 3.61. The van der Waals surface area contributed by atoms with Crippen molar-refractivity contribution in [2.24, 2.45) is 11.3 Å². The fourth-order valence-electron chi connectivity index (χ4n) is 1.01. The summed E-state index contributed by atoms with van der Waals surface area (Å²) in [6.45, 7) is 14.5. The van der Waals surface area contributed by atoms with E-state index in [0.29, 0.717) is 11.3 Å². The second-order valence-electron chi connectivity index (χ2n) is 3.64. The van der Waals surface area contributed by atoms with Gasteiger partial charge in [-0.15, -0.1) is 0 Å². The SMILES string of the molecule is [CH2-]CC(C[CH2-])C(C)(C)C.[Y]. The van der Waals surface area contributed by atoms with Crippen LogP contribution in [0.5, 0.6) is 0 Å². The summed E-state index contributed by atoms with van der Waals surface area (Å²) >= 11 is 0. The quantitative estimate of drug-likeness (QED) is 0.621. The van der Waals surface area contributed by atoms with Crippen LogP contribution >= 0.6 is 0 Å². The smallest absolute Gasteiger partial charge is 0 e. The van der Waals surface area contributed by atoms with Gasteiger partial charge in [-0.05, 0) is 5.41 Å². The van der Waals surface area contributed by atoms with Crippen molar-refractivity contribution < 1.29 is 32.7 Å². The second kappa shape index (κ2) is 5.72. The van der Waals surface area contributed by atoms with Gasteiger partial charge in [0.15, 0.2) is 0 Å². The van der Waals surface area contributed by atoms with E-state index in [1.165, 1.54) is 0 Å². The maximum absolute atomic E-state index is 3.88. The van der Waals surface area contributed by atoms with Gasteiger partial charge in [0.25, 0.3) is 0 Å². The Morgan fingerprint density at radius 1 is 1.10 bits per heavy atom. The van der Waals surface area contributed by atoms with Crippen molar-refractivity contribution in [2.45, 2.75) is 33.6 Å². The first kappa shape index (κ1) is 13.7. The van der Waals surface area contributed by atoms with E-state index in [1.807, 2.05) is 0 Å². The summed E-state index contributed by atoms with van der Waals surface area (Å²) in [5.74, 6) is 0.678. The molecule has 0 aliphatic heterocycles. The number of hydrogen-bond donors (Lipinski definition) is 0. The maximum atomic E-state index is 3.88. The van der Waals surface area contributed by atoms with Crippen molar-refractivity contribution in [1.29, 1.82) is 0 Å². The monoisotopic (exact) mass is 215 g/mol. The van der Waals surface area contributed by atoms with E-state index < -0.39 is 0 Å². The predicted octanol–water partition coefficient (Wildman–Crippen LogP) is 3.09. The van der Waals surface area contributed by atoms with Crippen molar-refractivity contribution in [3.63, 3.8) is 0 Å². The van der Waals surface area contributed by atoms with Crippen LogP contribution in [0.1, 0.15) is 33.6 Å². The molecule has 0 saturated heterocycles. The summed E-state index contributed by atoms with van der Waals surface area (Å²) in [4.78, 5) is 0. The van der Waals surface area contributed by atoms with Crippen LogP contribution in [0.25, 0.3) is 0 Å². The first-order chi connectivity index (χ1) is 4.02. The normalized spacial score (nSPS) is 11.4. The van der Waals surface area contributed by atoms with E-state index in [2.05, 4.69) is 34.6 Å². The Bertz CT molecular complexity index is 67.3. The van der Waals surface area contributed by atoms with Gasteiger partial charge in [-0.2, -0.15) is 12.8 Å². The van der Waals surface area contributed by atoms with E-state index in [4.69, 9.17) is 0 Å². The second-order valence-corrected chi connectivity index (χ2v) is 3.64. The molecule has 0 fully saturated rings. The Kier molecular flexibility index (Phi) is 7.82. The van der Waals surface area contributed by atoms with Crippen LogP contribution < -0.4 is 0 Å². The molecule has 10 heavy (non-hydrogen) atoms. The Balaban J connectivity index is 0. The zero-order chi connectivity index (χ0) is 7.49. The van der Waals surface area contributed by atoms with Gasteiger partial charge >= 0.3 is 0 Å². The summed E-state index contributed by atoms with van der Waals surface area (Å²) < 4.78 is 0. The molecule has 0 aliphatic rings. The van der Waals surface area contributed by atoms with Crippen LogP contribution in [-0.4, -0.2) is 0 Å². The molecule has 0 unspecified atom stereocenters. The predicted molar refractivity (Wildman–Crippen MR) is 42.9 cm³/mol. The third-order valence-electron chi connectivity index (χ3n) is 1.92. The summed E-state index contributed by atoms with van der Waals surface area (Å²) in [5, 5.41) is 0. The minimum absolute atomic E-state index is 0. The fourth-order valence-corrected chi connectivity index (χ4v) is 1.01. The molecule has 0 heterocycles. The summed E-state index contributed by atoms with van der Waals surface area (Å²) in [7, 11) is 0. The van der Waals surface area contributed by atoms with Crippen LogP contribution in [0, 0.1) is 25.2 Å². The molecule has 0 spiro atoms. The molecule has 0 amide bonds. The molecule has 0 atom stereocenters. The Labute approximate surface area is 91.0 Å². The van der Waals surface area contributed by atoms with Crippen molar-refractivity contribution in [3.05, 3.63) is 13.8 Å². The third kappa shape index (κ3) is 4.85. The molecule has 0 saturated carbocycles. The van der Waals surface area contributed by atoms with Crippen LogP contribution in [0.3, 0.4) is 0 Å². The number of hydrogen-bond acceptors (Lipinski definition) is 0. The summed E-state index contributed by atoms with van der Waals surface area (Å²) in [6, 6.07) is 0. The first-order valence-electron chi connectivity index (χ1n) is 3.61. The topological polar surface area (TPSA) is 0 Å². The number of rotatable bonds is 2. The maximum Gasteiger partial charge on any atom is 0 e. The van der Waals surface area contributed by atoms with Crippen molar-refractivity contribution in [1.82, 2.24) is 0 Å². The van der Waals surface area contributed by atoms with Gasteiger partial charge in [-0.3, -0.25) is 0 Å². The summed E-state index contributed by atoms with van der Waals surface area (Å²) in [5.41, 5.74) is 0.392. The van der Waals surface area contributed by atoms with Crippen LogP contribution in [0.15, 0.2) is 0 Å². The molecule has 1 heteroatoms. The summed E-state index contributed by atoms with van der Waals surface area (Å²) in [6.07, 6.45) is 2.01. The van der Waals surface area contributed by atoms with Crippen LogP contribution in [-0.2, 0) is 32.7 Å². The Morgan fingerprint density at radius 2 is 1.40 bits per heavy atom. The van der Waals surface area contributed by atoms with Gasteiger partial charge in [-0.25, -0.2) is 0 Å². The van der Waals surface area contributed by atoms with Gasteiger partial charge < -0.3 is 13.8 Å². The van der Waals surface area contributed by atoms with E-state index in [1.54, 1.807) is 0 Å². The standard InChI is InChI=1S/C9H18.Y/c1-6-8(7-2)9(3,4)5;/h8H,1-2,6-7H2,3-5H3;/q-2;. The van der Waals surface area contributed by atoms with E-state index in [-0.39, 0.29) is 32.7 Å². The molecule has 0 aromatic rings. The molecule has 0 rings (SSSR count). The zero-order valence-electron chi connectivity index (χ0n) is 7.48. The third-order valence-corrected chi connectivity index (χ3v) is 1.92. The Morgan fingerprint density at radius 3 is 1.40 bits per heavy atom. The van der Waals surface area contributed by atoms with E-state index in [9.17, 15) is 0 Å². The van der Waals surface area contributed by atoms with Crippen molar-refractivity contribution >= 4 is 0 Å². The van der Waals surface area contributed by atoms with E-state index in [0.717, 1.165) is 12.8 Å². The van der Waals surface area contributed by atoms with Gasteiger partial charge in [0.1, 0.15) is 0 Å². The largest absolute Gasteiger partial charge is 0.343 e. The van der Waals surface area contributed by atoms with Crippen LogP contribution in [0.2, 0.25) is 0 Å². The molecule has 0 bridgehead atoms. The van der Waals surface area contributed by atoms with Gasteiger partial charge in [-0.1, -0.05) is 26.7 Å². The van der Waals surface area contributed by atoms with E-state index >= 15 is 0 Å². The van der Waals surface area contributed by atoms with Gasteiger partial charge in [0.05, 0.1) is 0 Å². The molecule has 0 aromatic heterocycles. The average molecular weight is 215 g/mol. The molecule has 59 valence electrons. The zero-order valence-corrected chi connectivity index (χ0v) is 10.3. The minimum Gasteiger partial charge on any atom is -0.343 e. The van der Waals surface area contributed by atoms with Crippen molar-refractivity contribution in [2.75, 3.05) is 0 Å². The van der Waals surface area contributed by atoms with Crippen molar-refractivity contribution in [3.8, 4) is 0 Å². The molecule has 0 aliphatic carbocycles. The molecular weight excluding hydrogens is 197 g/mol. The molecule has 1 radical (unpaired) electrons. The molecule has 0 N–H and O–H groups in total. The minimum atomic E-state index is 0. The molecule has 0 nitrogen and oxygen atoms in total. The Hall–Kier alpha value is 1.10.